The van der Waals surface area contributed by atoms with Gasteiger partial charge in [-0.05, 0) is 25.0 Å². The molecule has 0 fully saturated rings. The molecule has 0 unspecified atom stereocenters. The molecule has 0 aliphatic rings. The molecule has 12 heteroatoms. The van der Waals surface area contributed by atoms with Crippen molar-refractivity contribution in [3.05, 3.63) is 128 Å². The molecule has 4 aromatic rings. The Hall–Kier alpha value is -5.78. The first kappa shape index (κ1) is 35.1. The van der Waals surface area contributed by atoms with Gasteiger partial charge in [-0.2, -0.15) is 0 Å². The average molecular weight is 656 g/mol. The Kier molecular flexibility index (Phi) is 12.6. The number of aromatic nitrogens is 2. The van der Waals surface area contributed by atoms with Gasteiger partial charge in [0, 0.05) is 44.0 Å². The minimum Gasteiger partial charge on any atom is -0.483 e. The van der Waals surface area contributed by atoms with Gasteiger partial charge in [0.25, 0.3) is 0 Å². The lowest BCUT2D eigenvalue weighted by atomic mass is 10.2. The summed E-state index contributed by atoms with van der Waals surface area (Å²) in [6.45, 7) is 4.15. The molecule has 0 spiro atoms. The number of aryl methyl sites for hydroxylation is 2. The molecule has 2 aromatic carbocycles. The van der Waals surface area contributed by atoms with E-state index in [0.29, 0.717) is 11.4 Å². The quantitative estimate of drug-likeness (QED) is 0.0835. The molecule has 0 saturated heterocycles. The molecule has 0 amide bonds. The number of nitrogens with one attached hydrogen (secondary N) is 1. The van der Waals surface area contributed by atoms with Gasteiger partial charge < -0.3 is 28.1 Å². The van der Waals surface area contributed by atoms with Crippen molar-refractivity contribution in [3.8, 4) is 11.5 Å². The van der Waals surface area contributed by atoms with Crippen molar-refractivity contribution < 1.29 is 33.3 Å². The largest absolute Gasteiger partial charge is 0.483 e. The highest BCUT2D eigenvalue weighted by molar-refractivity contribution is 5.90. The summed E-state index contributed by atoms with van der Waals surface area (Å²) in [6, 6.07) is 21.5. The molecule has 0 aliphatic carbocycles. The van der Waals surface area contributed by atoms with Gasteiger partial charge in [0.15, 0.2) is 17.4 Å². The molecule has 0 saturated carbocycles. The van der Waals surface area contributed by atoms with Crippen LogP contribution in [0.1, 0.15) is 48.2 Å². The van der Waals surface area contributed by atoms with E-state index in [4.69, 9.17) is 24.4 Å². The summed E-state index contributed by atoms with van der Waals surface area (Å²) in [6.07, 6.45) is 2.26. The Morgan fingerprint density at radius 1 is 0.583 bits per heavy atom. The Morgan fingerprint density at radius 2 is 1.00 bits per heavy atom. The van der Waals surface area contributed by atoms with Gasteiger partial charge in [0.05, 0.1) is 30.7 Å². The highest BCUT2D eigenvalue weighted by atomic mass is 16.6. The normalized spacial score (nSPS) is 10.6. The maximum absolute atomic E-state index is 12.4. The van der Waals surface area contributed by atoms with Crippen LogP contribution in [0.3, 0.4) is 0 Å². The smallest absolute Gasteiger partial charge is 0.315 e. The third kappa shape index (κ3) is 10.4. The third-order valence-corrected chi connectivity index (χ3v) is 7.36. The van der Waals surface area contributed by atoms with E-state index in [0.717, 1.165) is 11.1 Å². The zero-order chi connectivity index (χ0) is 34.5. The van der Waals surface area contributed by atoms with Crippen molar-refractivity contribution in [1.29, 1.82) is 5.41 Å². The van der Waals surface area contributed by atoms with Crippen LogP contribution in [-0.2, 0) is 50.2 Å². The monoisotopic (exact) mass is 655 g/mol. The van der Waals surface area contributed by atoms with Crippen LogP contribution >= 0.6 is 0 Å². The molecule has 0 aliphatic heterocycles. The van der Waals surface area contributed by atoms with Gasteiger partial charge in [-0.25, -0.2) is 0 Å². The number of esters is 3. The predicted molar refractivity (Wildman–Crippen MR) is 176 cm³/mol. The fourth-order valence-corrected chi connectivity index (χ4v) is 4.71. The topological polar surface area (TPSA) is 156 Å². The van der Waals surface area contributed by atoms with Crippen molar-refractivity contribution in [2.45, 2.75) is 65.8 Å². The van der Waals surface area contributed by atoms with Crippen LogP contribution in [0.5, 0.6) is 11.5 Å². The van der Waals surface area contributed by atoms with Crippen LogP contribution < -0.4 is 20.3 Å². The lowest BCUT2D eigenvalue weighted by Gasteiger charge is -2.15. The Labute approximate surface area is 277 Å². The van der Waals surface area contributed by atoms with E-state index in [1.807, 2.05) is 60.7 Å². The number of hydrogen-bond acceptors (Lipinski definition) is 10. The van der Waals surface area contributed by atoms with Crippen molar-refractivity contribution in [3.63, 3.8) is 0 Å². The SMILES string of the molecule is Cc1c(OCc2ccccc2)c(=O)ccn1CCC(=O)OC(=N)CCC(=O)OC(=O)CCn1ccc(=O)c(OCc2ccccc2)c1C. The Morgan fingerprint density at radius 3 is 1.46 bits per heavy atom. The molecule has 4 rings (SSSR count). The Bertz CT molecular complexity index is 1730. The van der Waals surface area contributed by atoms with E-state index in [9.17, 15) is 24.0 Å². The number of benzene rings is 2. The number of rotatable bonds is 15. The maximum atomic E-state index is 12.4. The second-order valence-corrected chi connectivity index (χ2v) is 10.9. The van der Waals surface area contributed by atoms with Gasteiger partial charge in [0.2, 0.25) is 10.9 Å². The van der Waals surface area contributed by atoms with E-state index in [1.54, 1.807) is 29.2 Å². The van der Waals surface area contributed by atoms with Gasteiger partial charge in [0.1, 0.15) is 13.2 Å². The number of ether oxygens (including phenoxy) is 4. The fraction of sp³-hybridized carbons (Fsp3) is 0.278. The standard InChI is InChI=1S/C36H37N3O9/c1-25-35(45-23-27-9-5-3-6-10-27)29(40)15-19-38(25)21-17-33(43)47-31(37)13-14-32(42)48-34(44)18-22-39-20-16-30(41)36(26(39)2)46-24-28-11-7-4-8-12-28/h3-12,15-16,19-20,37H,13-14,17-18,21-24H2,1-2H3. The lowest BCUT2D eigenvalue weighted by molar-refractivity contribution is -0.159. The van der Waals surface area contributed by atoms with E-state index in [-0.39, 0.29) is 74.3 Å². The van der Waals surface area contributed by atoms with Crippen molar-refractivity contribution in [2.75, 3.05) is 0 Å². The molecule has 0 atom stereocenters. The van der Waals surface area contributed by atoms with E-state index in [2.05, 4.69) is 0 Å². The van der Waals surface area contributed by atoms with Crippen LogP contribution in [0.2, 0.25) is 0 Å². The molecule has 2 aromatic heterocycles. The first-order chi connectivity index (χ1) is 23.1. The number of carbonyl (C=O) groups excluding carboxylic acids is 3. The zero-order valence-electron chi connectivity index (χ0n) is 26.8. The molecule has 2 heterocycles. The average Bonchev–Trinajstić information content (AvgIpc) is 3.07. The van der Waals surface area contributed by atoms with Crippen LogP contribution in [-0.4, -0.2) is 32.9 Å². The summed E-state index contributed by atoms with van der Waals surface area (Å²) in [4.78, 5) is 61.6. The minimum atomic E-state index is -0.865. The number of pyridine rings is 2. The van der Waals surface area contributed by atoms with Gasteiger partial charge in [-0.1, -0.05) is 60.7 Å². The van der Waals surface area contributed by atoms with Gasteiger partial charge in [-0.3, -0.25) is 29.4 Å². The second kappa shape index (κ2) is 17.2. The van der Waals surface area contributed by atoms with Crippen molar-refractivity contribution in [1.82, 2.24) is 9.13 Å². The first-order valence-corrected chi connectivity index (χ1v) is 15.4. The summed E-state index contributed by atoms with van der Waals surface area (Å²) in [5, 5.41) is 7.92. The fourth-order valence-electron chi connectivity index (χ4n) is 4.71. The lowest BCUT2D eigenvalue weighted by Crippen LogP contribution is -2.20. The molecule has 48 heavy (non-hydrogen) atoms. The molecule has 250 valence electrons. The Balaban J connectivity index is 1.17. The molecular weight excluding hydrogens is 618 g/mol. The predicted octanol–water partition coefficient (Wildman–Crippen LogP) is 4.64. The number of carbonyl (C=O) groups is 3. The van der Waals surface area contributed by atoms with Crippen molar-refractivity contribution >= 4 is 23.8 Å². The third-order valence-electron chi connectivity index (χ3n) is 7.36. The molecule has 0 bridgehead atoms. The van der Waals surface area contributed by atoms with Crippen LogP contribution in [0.25, 0.3) is 0 Å². The van der Waals surface area contributed by atoms with E-state index in [1.165, 1.54) is 18.3 Å². The minimum absolute atomic E-state index is 0.101. The molecular formula is C36H37N3O9. The summed E-state index contributed by atoms with van der Waals surface area (Å²) in [5.74, 6) is -2.43. The van der Waals surface area contributed by atoms with Crippen molar-refractivity contribution in [2.24, 2.45) is 0 Å². The summed E-state index contributed by atoms with van der Waals surface area (Å²) in [7, 11) is 0. The highest BCUT2D eigenvalue weighted by Gasteiger charge is 2.16. The molecule has 0 radical (unpaired) electrons. The van der Waals surface area contributed by atoms with Crippen LogP contribution in [0, 0.1) is 19.3 Å². The van der Waals surface area contributed by atoms with E-state index < -0.39 is 23.8 Å². The van der Waals surface area contributed by atoms with Gasteiger partial charge in [-0.15, -0.1) is 0 Å². The maximum Gasteiger partial charge on any atom is 0.315 e. The second-order valence-electron chi connectivity index (χ2n) is 10.9. The van der Waals surface area contributed by atoms with Gasteiger partial charge >= 0.3 is 17.9 Å². The molecule has 1 N–H and O–H groups in total. The number of hydrogen-bond donors (Lipinski definition) is 1. The molecule has 12 nitrogen and oxygen atoms in total. The highest BCUT2D eigenvalue weighted by Crippen LogP contribution is 2.16. The number of nitrogens with zero attached hydrogens (tertiary/aromatic N) is 2. The summed E-state index contributed by atoms with van der Waals surface area (Å²) < 4.78 is 24.7. The first-order valence-electron chi connectivity index (χ1n) is 15.4. The van der Waals surface area contributed by atoms with Crippen LogP contribution in [0.15, 0.2) is 94.8 Å². The summed E-state index contributed by atoms with van der Waals surface area (Å²) >= 11 is 0. The summed E-state index contributed by atoms with van der Waals surface area (Å²) in [5.41, 5.74) is 2.31. The van der Waals surface area contributed by atoms with E-state index >= 15 is 0 Å². The zero-order valence-corrected chi connectivity index (χ0v) is 26.8. The van der Waals surface area contributed by atoms with Crippen LogP contribution in [0.4, 0.5) is 0 Å².